The molecule has 0 saturated carbocycles. The number of hydrogen-bond acceptors (Lipinski definition) is 8. The maximum atomic E-state index is 15.3. The van der Waals surface area contributed by atoms with E-state index in [0.29, 0.717) is 89.5 Å². The molecule has 1 aromatic heterocycles. The van der Waals surface area contributed by atoms with E-state index >= 15 is 8.78 Å². The highest BCUT2D eigenvalue weighted by atomic mass is 32.2. The molecule has 0 bridgehead atoms. The Morgan fingerprint density at radius 3 is 2.52 bits per heavy atom. The van der Waals surface area contributed by atoms with Gasteiger partial charge < -0.3 is 24.8 Å². The molecule has 2 saturated heterocycles. The highest BCUT2D eigenvalue weighted by Gasteiger charge is 2.40. The third-order valence-electron chi connectivity index (χ3n) is 10.5. The van der Waals surface area contributed by atoms with Gasteiger partial charge in [-0.2, -0.15) is 11.8 Å². The number of aromatic nitrogens is 2. The molecular weight excluding hydrogens is 746 g/mol. The Bertz CT molecular complexity index is 1840. The van der Waals surface area contributed by atoms with Gasteiger partial charge in [0.1, 0.15) is 23.6 Å². The number of carbonyl (C=O) groups is 4. The summed E-state index contributed by atoms with van der Waals surface area (Å²) in [5, 5.41) is 6.00. The van der Waals surface area contributed by atoms with Crippen LogP contribution in [0.15, 0.2) is 66.9 Å². The van der Waals surface area contributed by atoms with Gasteiger partial charge in [-0.3, -0.25) is 24.1 Å². The van der Waals surface area contributed by atoms with Gasteiger partial charge in [-0.05, 0) is 55.4 Å². The van der Waals surface area contributed by atoms with Gasteiger partial charge in [-0.1, -0.05) is 36.8 Å². The number of rotatable bonds is 19. The van der Waals surface area contributed by atoms with Crippen LogP contribution in [0.3, 0.4) is 0 Å². The van der Waals surface area contributed by atoms with E-state index in [9.17, 15) is 23.6 Å². The highest BCUT2D eigenvalue weighted by molar-refractivity contribution is 7.99. The third kappa shape index (κ3) is 10.9. The van der Waals surface area contributed by atoms with Crippen molar-refractivity contribution in [2.75, 3.05) is 57.4 Å². The number of nitrogens with one attached hydrogen (secondary N) is 2. The molecule has 4 amide bonds. The van der Waals surface area contributed by atoms with Crippen LogP contribution in [-0.2, 0) is 30.5 Å². The molecule has 3 aromatic rings. The van der Waals surface area contributed by atoms with Crippen LogP contribution < -0.4 is 10.6 Å². The maximum Gasteiger partial charge on any atom is 0.253 e. The summed E-state index contributed by atoms with van der Waals surface area (Å²) < 4.78 is 52.5. The molecule has 3 aliphatic rings. The standard InChI is InChI=1S/C41H49F3N6O5S/c42-31-10-11-33(43)32(21-31)35-26-48(24-28-7-3-1-4-8-28)41(47-35)40(29-14-18-55-19-15-29)50(25-30-22-45-23-34(30)44)39(54)27-56-20-16-46-36(51)9-5-2-6-17-49-37(52)12-13-38(49)53/h1,3-4,7-8,10-13,21,26,29-30,34,40,45H,2,5-6,9,14-20,22-25,27H2,(H,46,51)/t30-,34-,40+/m0/s1. The minimum Gasteiger partial charge on any atom is -0.381 e. The Balaban J connectivity index is 1.16. The van der Waals surface area contributed by atoms with Gasteiger partial charge in [0.25, 0.3) is 11.8 Å². The molecule has 15 heteroatoms. The van der Waals surface area contributed by atoms with Crippen LogP contribution in [0, 0.1) is 23.5 Å². The fourth-order valence-corrected chi connectivity index (χ4v) is 8.24. The Hall–Kier alpha value is -4.47. The number of imidazole rings is 1. The van der Waals surface area contributed by atoms with Crippen molar-refractivity contribution in [3.63, 3.8) is 0 Å². The Kier molecular flexibility index (Phi) is 14.8. The zero-order valence-corrected chi connectivity index (χ0v) is 32.2. The van der Waals surface area contributed by atoms with Gasteiger partial charge in [0.15, 0.2) is 0 Å². The third-order valence-corrected chi connectivity index (χ3v) is 11.5. The molecule has 0 unspecified atom stereocenters. The molecule has 4 heterocycles. The number of hydrogen-bond donors (Lipinski definition) is 2. The van der Waals surface area contributed by atoms with Crippen molar-refractivity contribution in [3.05, 3.63) is 89.9 Å². The second kappa shape index (κ2) is 20.1. The number of halogens is 3. The van der Waals surface area contributed by atoms with E-state index in [0.717, 1.165) is 23.8 Å². The summed E-state index contributed by atoms with van der Waals surface area (Å²) in [6.45, 7) is 2.76. The average Bonchev–Trinajstić information content (AvgIpc) is 3.90. The molecule has 3 atom stereocenters. The molecular formula is C41H49F3N6O5S. The Labute approximate surface area is 329 Å². The van der Waals surface area contributed by atoms with Crippen molar-refractivity contribution in [1.82, 2.24) is 30.0 Å². The fraction of sp³-hybridized carbons (Fsp3) is 0.488. The first-order chi connectivity index (χ1) is 27.2. The molecule has 2 N–H and O–H groups in total. The summed E-state index contributed by atoms with van der Waals surface area (Å²) in [6, 6.07) is 12.3. The van der Waals surface area contributed by atoms with Gasteiger partial charge in [-0.15, -0.1) is 0 Å². The van der Waals surface area contributed by atoms with Gasteiger partial charge >= 0.3 is 0 Å². The van der Waals surface area contributed by atoms with E-state index in [1.807, 2.05) is 34.9 Å². The summed E-state index contributed by atoms with van der Waals surface area (Å²) in [7, 11) is 0. The minimum absolute atomic E-state index is 0.00990. The van der Waals surface area contributed by atoms with E-state index in [1.165, 1.54) is 28.8 Å². The summed E-state index contributed by atoms with van der Waals surface area (Å²) in [4.78, 5) is 58.2. The average molecular weight is 795 g/mol. The van der Waals surface area contributed by atoms with Crippen molar-refractivity contribution in [1.29, 1.82) is 0 Å². The predicted octanol–water partition coefficient (Wildman–Crippen LogP) is 5.07. The monoisotopic (exact) mass is 794 g/mol. The number of benzene rings is 2. The molecule has 56 heavy (non-hydrogen) atoms. The molecule has 11 nitrogen and oxygen atoms in total. The largest absolute Gasteiger partial charge is 0.381 e. The second-order valence-corrected chi connectivity index (χ2v) is 15.6. The number of alkyl halides is 1. The van der Waals surface area contributed by atoms with E-state index in [4.69, 9.17) is 9.72 Å². The summed E-state index contributed by atoms with van der Waals surface area (Å²) in [5.41, 5.74) is 1.20. The molecule has 0 radical (unpaired) electrons. The topological polar surface area (TPSA) is 126 Å². The van der Waals surface area contributed by atoms with Crippen molar-refractivity contribution >= 4 is 35.4 Å². The minimum atomic E-state index is -1.15. The zero-order valence-electron chi connectivity index (χ0n) is 31.3. The summed E-state index contributed by atoms with van der Waals surface area (Å²) in [6.07, 6.45) is 6.56. The lowest BCUT2D eigenvalue weighted by Gasteiger charge is -2.40. The molecule has 6 rings (SSSR count). The van der Waals surface area contributed by atoms with Gasteiger partial charge in [0.2, 0.25) is 11.8 Å². The van der Waals surface area contributed by atoms with Gasteiger partial charge in [0, 0.05) is 94.5 Å². The van der Waals surface area contributed by atoms with Crippen molar-refractivity contribution in [2.45, 2.75) is 57.3 Å². The first kappa shape index (κ1) is 41.2. The van der Waals surface area contributed by atoms with Crippen LogP contribution in [0.5, 0.6) is 0 Å². The summed E-state index contributed by atoms with van der Waals surface area (Å²) >= 11 is 1.37. The van der Waals surface area contributed by atoms with E-state index < -0.39 is 29.8 Å². The van der Waals surface area contributed by atoms with Gasteiger partial charge in [0.05, 0.1) is 17.5 Å². The lowest BCUT2D eigenvalue weighted by Crippen LogP contribution is -2.46. The first-order valence-electron chi connectivity index (χ1n) is 19.3. The molecule has 0 spiro atoms. The number of nitrogens with zero attached hydrogens (tertiary/aromatic N) is 4. The highest BCUT2D eigenvalue weighted by Crippen LogP contribution is 2.38. The predicted molar refractivity (Wildman–Crippen MR) is 207 cm³/mol. The maximum absolute atomic E-state index is 15.3. The molecule has 2 fully saturated rings. The van der Waals surface area contributed by atoms with E-state index in [2.05, 4.69) is 10.6 Å². The van der Waals surface area contributed by atoms with Crippen LogP contribution in [0.2, 0.25) is 0 Å². The molecule has 300 valence electrons. The number of ether oxygens (including phenoxy) is 1. The smallest absolute Gasteiger partial charge is 0.253 e. The lowest BCUT2D eigenvalue weighted by atomic mass is 9.88. The number of amides is 4. The quantitative estimate of drug-likeness (QED) is 0.128. The summed E-state index contributed by atoms with van der Waals surface area (Å²) in [5.74, 6) is -1.63. The van der Waals surface area contributed by atoms with Crippen LogP contribution >= 0.6 is 11.8 Å². The Morgan fingerprint density at radius 2 is 1.79 bits per heavy atom. The fourth-order valence-electron chi connectivity index (χ4n) is 7.51. The number of unbranched alkanes of at least 4 members (excludes halogenated alkanes) is 2. The number of thioether (sulfide) groups is 1. The van der Waals surface area contributed by atoms with Gasteiger partial charge in [-0.25, -0.2) is 18.2 Å². The second-order valence-electron chi connectivity index (χ2n) is 14.5. The van der Waals surface area contributed by atoms with Crippen LogP contribution in [0.4, 0.5) is 13.2 Å². The van der Waals surface area contributed by atoms with Crippen molar-refractivity contribution < 1.29 is 37.1 Å². The normalized spacial score (nSPS) is 19.2. The van der Waals surface area contributed by atoms with Crippen molar-refractivity contribution in [3.8, 4) is 11.3 Å². The first-order valence-corrected chi connectivity index (χ1v) is 20.5. The molecule has 0 aliphatic carbocycles. The zero-order chi connectivity index (χ0) is 39.4. The van der Waals surface area contributed by atoms with E-state index in [-0.39, 0.29) is 59.6 Å². The van der Waals surface area contributed by atoms with Crippen LogP contribution in [0.1, 0.15) is 56.0 Å². The SMILES string of the molecule is O=C(CCCCCN1C(=O)C=CC1=O)NCCSCC(=O)N(C[C@@H]1CNC[C@@H]1F)[C@@H](c1nc(-c2cc(F)ccc2F)cn1Cc1ccccc1)C1CCOCC1. The van der Waals surface area contributed by atoms with Crippen LogP contribution in [0.25, 0.3) is 11.3 Å². The molecule has 3 aliphatic heterocycles. The van der Waals surface area contributed by atoms with Crippen LogP contribution in [-0.4, -0.2) is 107 Å². The Morgan fingerprint density at radius 1 is 1.02 bits per heavy atom. The number of carbonyl (C=O) groups excluding carboxylic acids is 4. The van der Waals surface area contributed by atoms with E-state index in [1.54, 1.807) is 11.1 Å². The number of imide groups is 1. The molecule has 2 aromatic carbocycles. The lowest BCUT2D eigenvalue weighted by molar-refractivity contribution is -0.137. The van der Waals surface area contributed by atoms with Crippen molar-refractivity contribution in [2.24, 2.45) is 11.8 Å².